The van der Waals surface area contributed by atoms with Gasteiger partial charge in [0.1, 0.15) is 12.4 Å². The van der Waals surface area contributed by atoms with E-state index in [-0.39, 0.29) is 19.4 Å². The molecule has 34 heavy (non-hydrogen) atoms. The number of amides is 3. The fourth-order valence-electron chi connectivity index (χ4n) is 4.12. The fraction of sp³-hybridized carbons (Fsp3) is 0.280. The molecule has 0 radical (unpaired) electrons. The van der Waals surface area contributed by atoms with Gasteiger partial charge in [-0.3, -0.25) is 24.6 Å². The van der Waals surface area contributed by atoms with Crippen molar-refractivity contribution in [2.75, 3.05) is 6.54 Å². The highest BCUT2D eigenvalue weighted by atomic mass is 16.5. The lowest BCUT2D eigenvalue weighted by Crippen LogP contribution is -2.45. The molecule has 1 aromatic heterocycles. The zero-order valence-corrected chi connectivity index (χ0v) is 18.7. The summed E-state index contributed by atoms with van der Waals surface area (Å²) in [6.45, 7) is 2.29. The number of para-hydroxylation sites is 1. The van der Waals surface area contributed by atoms with Crippen LogP contribution in [0.5, 0.6) is 5.75 Å². The Morgan fingerprint density at radius 2 is 1.94 bits per heavy atom. The smallest absolute Gasteiger partial charge is 0.251 e. The van der Waals surface area contributed by atoms with E-state index in [9.17, 15) is 19.6 Å². The fourth-order valence-corrected chi connectivity index (χ4v) is 4.12. The van der Waals surface area contributed by atoms with E-state index in [2.05, 4.69) is 10.3 Å². The largest absolute Gasteiger partial charge is 0.489 e. The van der Waals surface area contributed by atoms with Crippen LogP contribution in [0.1, 0.15) is 34.5 Å². The van der Waals surface area contributed by atoms with Gasteiger partial charge in [0.25, 0.3) is 5.91 Å². The third-order valence-corrected chi connectivity index (χ3v) is 5.94. The van der Waals surface area contributed by atoms with Gasteiger partial charge >= 0.3 is 0 Å². The van der Waals surface area contributed by atoms with Crippen molar-refractivity contribution in [2.24, 2.45) is 11.7 Å². The van der Waals surface area contributed by atoms with E-state index in [4.69, 9.17) is 10.5 Å². The van der Waals surface area contributed by atoms with E-state index in [0.29, 0.717) is 23.0 Å². The van der Waals surface area contributed by atoms with Gasteiger partial charge in [-0.1, -0.05) is 18.2 Å². The van der Waals surface area contributed by atoms with Crippen molar-refractivity contribution in [2.45, 2.75) is 32.4 Å². The van der Waals surface area contributed by atoms with Gasteiger partial charge in [-0.05, 0) is 49.7 Å². The molecule has 176 valence electrons. The molecule has 0 saturated carbocycles. The molecule has 0 aliphatic carbocycles. The lowest BCUT2D eigenvalue weighted by molar-refractivity contribution is -0.164. The van der Waals surface area contributed by atoms with E-state index >= 15 is 0 Å². The van der Waals surface area contributed by atoms with Crippen molar-refractivity contribution >= 4 is 28.6 Å². The molecule has 2 unspecified atom stereocenters. The Morgan fingerprint density at radius 3 is 2.68 bits per heavy atom. The molecule has 1 saturated heterocycles. The number of rotatable bonds is 6. The Labute approximate surface area is 196 Å². The number of aromatic nitrogens is 1. The van der Waals surface area contributed by atoms with Crippen molar-refractivity contribution in [1.82, 2.24) is 15.4 Å². The van der Waals surface area contributed by atoms with Crippen LogP contribution < -0.4 is 15.8 Å². The van der Waals surface area contributed by atoms with Crippen LogP contribution in [0.2, 0.25) is 0 Å². The number of nitrogens with zero attached hydrogens (tertiary/aromatic N) is 2. The molecular weight excluding hydrogens is 436 g/mol. The number of carbonyl (C=O) groups is 3. The molecule has 2 atom stereocenters. The SMILES string of the molecule is Cc1cc(COc2ccc(C(=O)NC3CCN(O)C(=O)CC3C(N)=O)cc2)c2ccccc2n1. The summed E-state index contributed by atoms with van der Waals surface area (Å²) in [5, 5.41) is 14.0. The van der Waals surface area contributed by atoms with Crippen molar-refractivity contribution in [3.63, 3.8) is 0 Å². The number of nitrogens with two attached hydrogens (primary N) is 1. The first-order valence-electron chi connectivity index (χ1n) is 11.0. The number of carbonyl (C=O) groups excluding carboxylic acids is 3. The lowest BCUT2D eigenvalue weighted by Gasteiger charge is -2.22. The highest BCUT2D eigenvalue weighted by molar-refractivity contribution is 5.95. The monoisotopic (exact) mass is 462 g/mol. The molecule has 2 heterocycles. The average Bonchev–Trinajstić information content (AvgIpc) is 2.96. The Hall–Kier alpha value is -3.98. The first kappa shape index (κ1) is 23.2. The predicted octanol–water partition coefficient (Wildman–Crippen LogP) is 2.33. The van der Waals surface area contributed by atoms with Gasteiger partial charge in [0.2, 0.25) is 11.8 Å². The highest BCUT2D eigenvalue weighted by Crippen LogP contribution is 2.22. The number of pyridine rings is 1. The standard InChI is InChI=1S/C25H26N4O5/c1-15-12-17(19-4-2-3-5-21(19)27-15)14-34-18-8-6-16(7-9-18)25(32)28-22-10-11-29(33)23(30)13-20(22)24(26)31/h2-9,12,20,22,33H,10-11,13-14H2,1H3,(H2,26,31)(H,28,32). The molecule has 1 aliphatic rings. The van der Waals surface area contributed by atoms with Gasteiger partial charge in [0, 0.05) is 34.7 Å². The number of hydrogen-bond donors (Lipinski definition) is 3. The number of ether oxygens (including phenoxy) is 1. The van der Waals surface area contributed by atoms with E-state index < -0.39 is 29.7 Å². The summed E-state index contributed by atoms with van der Waals surface area (Å²) in [4.78, 5) is 41.0. The van der Waals surface area contributed by atoms with E-state index in [1.165, 1.54) is 0 Å². The van der Waals surface area contributed by atoms with Gasteiger partial charge in [0.05, 0.1) is 18.0 Å². The Morgan fingerprint density at radius 1 is 1.21 bits per heavy atom. The number of fused-ring (bicyclic) bond motifs is 1. The predicted molar refractivity (Wildman–Crippen MR) is 124 cm³/mol. The number of primary amides is 1. The summed E-state index contributed by atoms with van der Waals surface area (Å²) in [5.41, 5.74) is 8.64. The maximum Gasteiger partial charge on any atom is 0.251 e. The second-order valence-corrected chi connectivity index (χ2v) is 8.35. The Bertz CT molecular complexity index is 1230. The number of benzene rings is 2. The maximum absolute atomic E-state index is 12.8. The normalized spacial score (nSPS) is 18.4. The van der Waals surface area contributed by atoms with Crippen LogP contribution in [0.15, 0.2) is 54.6 Å². The maximum atomic E-state index is 12.8. The zero-order valence-electron chi connectivity index (χ0n) is 18.7. The minimum atomic E-state index is -0.894. The van der Waals surface area contributed by atoms with Crippen LogP contribution in [0.25, 0.3) is 10.9 Å². The molecule has 4 N–H and O–H groups in total. The number of aryl methyl sites for hydroxylation is 1. The summed E-state index contributed by atoms with van der Waals surface area (Å²) in [7, 11) is 0. The summed E-state index contributed by atoms with van der Waals surface area (Å²) in [6.07, 6.45) is -0.0468. The summed E-state index contributed by atoms with van der Waals surface area (Å²) >= 11 is 0. The van der Waals surface area contributed by atoms with Gasteiger partial charge in [-0.2, -0.15) is 0 Å². The second-order valence-electron chi connectivity index (χ2n) is 8.35. The van der Waals surface area contributed by atoms with Crippen molar-refractivity contribution in [3.8, 4) is 5.75 Å². The Balaban J connectivity index is 1.42. The van der Waals surface area contributed by atoms with Gasteiger partial charge in [-0.25, -0.2) is 5.06 Å². The number of nitrogens with one attached hydrogen (secondary N) is 1. The number of hydroxylamine groups is 2. The molecule has 3 amide bonds. The molecule has 1 aliphatic heterocycles. The molecule has 9 nitrogen and oxygen atoms in total. The van der Waals surface area contributed by atoms with Crippen LogP contribution in [0.3, 0.4) is 0 Å². The average molecular weight is 463 g/mol. The number of hydrogen-bond acceptors (Lipinski definition) is 6. The summed E-state index contributed by atoms with van der Waals surface area (Å²) < 4.78 is 5.94. The van der Waals surface area contributed by atoms with Gasteiger partial charge in [-0.15, -0.1) is 0 Å². The van der Waals surface area contributed by atoms with E-state index in [1.807, 2.05) is 37.3 Å². The topological polar surface area (TPSA) is 135 Å². The van der Waals surface area contributed by atoms with Crippen molar-refractivity contribution < 1.29 is 24.3 Å². The molecule has 2 aromatic carbocycles. The molecule has 3 aromatic rings. The van der Waals surface area contributed by atoms with Crippen LogP contribution in [0, 0.1) is 12.8 Å². The lowest BCUT2D eigenvalue weighted by atomic mass is 9.93. The highest BCUT2D eigenvalue weighted by Gasteiger charge is 2.35. The van der Waals surface area contributed by atoms with Crippen molar-refractivity contribution in [3.05, 3.63) is 71.4 Å². The zero-order chi connectivity index (χ0) is 24.2. The van der Waals surface area contributed by atoms with Gasteiger partial charge in [0.15, 0.2) is 0 Å². The molecular formula is C25H26N4O5. The first-order valence-corrected chi connectivity index (χ1v) is 11.0. The summed E-state index contributed by atoms with van der Waals surface area (Å²) in [5.74, 6) is -2.00. The molecule has 1 fully saturated rings. The third-order valence-electron chi connectivity index (χ3n) is 5.94. The first-order chi connectivity index (χ1) is 16.3. The quantitative estimate of drug-likeness (QED) is 0.481. The Kier molecular flexibility index (Phi) is 6.74. The molecule has 4 rings (SSSR count). The van der Waals surface area contributed by atoms with Crippen LogP contribution >= 0.6 is 0 Å². The second kappa shape index (κ2) is 9.88. The van der Waals surface area contributed by atoms with Crippen LogP contribution in [-0.4, -0.2) is 45.6 Å². The van der Waals surface area contributed by atoms with Crippen LogP contribution in [0.4, 0.5) is 0 Å². The van der Waals surface area contributed by atoms with Crippen LogP contribution in [-0.2, 0) is 16.2 Å². The summed E-state index contributed by atoms with van der Waals surface area (Å²) in [6, 6.07) is 15.8. The minimum absolute atomic E-state index is 0.00347. The van der Waals surface area contributed by atoms with Gasteiger partial charge < -0.3 is 15.8 Å². The van der Waals surface area contributed by atoms with E-state index in [1.54, 1.807) is 24.3 Å². The molecule has 9 heteroatoms. The molecule has 0 spiro atoms. The van der Waals surface area contributed by atoms with E-state index in [0.717, 1.165) is 22.2 Å². The minimum Gasteiger partial charge on any atom is -0.489 e. The molecule has 0 bridgehead atoms. The van der Waals surface area contributed by atoms with Crippen molar-refractivity contribution in [1.29, 1.82) is 0 Å². The third kappa shape index (κ3) is 5.15.